The highest BCUT2D eigenvalue weighted by Gasteiger charge is 2.11. The molecule has 0 aliphatic rings. The highest BCUT2D eigenvalue weighted by Crippen LogP contribution is 1.96. The molecule has 0 aromatic heterocycles. The van der Waals surface area contributed by atoms with Gasteiger partial charge in [-0.1, -0.05) is 13.8 Å². The minimum Gasteiger partial charge on any atom is -0.353 e. The van der Waals surface area contributed by atoms with Crippen LogP contribution in [0.2, 0.25) is 0 Å². The number of carbonyl (C=O) groups excluding carboxylic acids is 1. The number of hydrogen-bond donors (Lipinski definition) is 2. The van der Waals surface area contributed by atoms with E-state index in [0.29, 0.717) is 18.7 Å². The van der Waals surface area contributed by atoms with Crippen LogP contribution in [0.3, 0.4) is 0 Å². The van der Waals surface area contributed by atoms with Gasteiger partial charge in [-0.2, -0.15) is 0 Å². The Kier molecular flexibility index (Phi) is 8.61. The number of amides is 1. The molecule has 0 saturated carbocycles. The lowest BCUT2D eigenvalue weighted by Gasteiger charge is -2.14. The molecule has 0 bridgehead atoms. The van der Waals surface area contributed by atoms with Crippen molar-refractivity contribution in [1.82, 2.24) is 5.32 Å². The summed E-state index contributed by atoms with van der Waals surface area (Å²) in [5, 5.41) is 2.86. The zero-order valence-electron chi connectivity index (χ0n) is 9.62. The van der Waals surface area contributed by atoms with Crippen LogP contribution < -0.4 is 11.1 Å². The first-order chi connectivity index (χ1) is 7.13. The summed E-state index contributed by atoms with van der Waals surface area (Å²) < 4.78 is 11.4. The molecule has 0 aliphatic carbocycles. The van der Waals surface area contributed by atoms with E-state index < -0.39 is 10.8 Å². The third kappa shape index (κ3) is 7.50. The molecule has 5 heteroatoms. The van der Waals surface area contributed by atoms with Crippen molar-refractivity contribution < 1.29 is 9.00 Å². The molecular weight excluding hydrogens is 212 g/mol. The molecule has 1 unspecified atom stereocenters. The van der Waals surface area contributed by atoms with E-state index in [0.717, 1.165) is 12.8 Å². The Morgan fingerprint density at radius 1 is 1.40 bits per heavy atom. The average Bonchev–Trinajstić information content (AvgIpc) is 2.22. The molecule has 0 aromatic carbocycles. The van der Waals surface area contributed by atoms with Gasteiger partial charge in [-0.15, -0.1) is 0 Å². The van der Waals surface area contributed by atoms with Crippen LogP contribution in [0.1, 0.15) is 33.1 Å². The molecule has 0 aliphatic heterocycles. The Bertz CT molecular complexity index is 206. The summed E-state index contributed by atoms with van der Waals surface area (Å²) in [7, 11) is -1.06. The van der Waals surface area contributed by atoms with E-state index in [9.17, 15) is 9.00 Å². The Hall–Kier alpha value is -0.420. The fraction of sp³-hybridized carbons (Fsp3) is 0.900. The lowest BCUT2D eigenvalue weighted by Crippen LogP contribution is -2.37. The maximum absolute atomic E-state index is 11.4. The van der Waals surface area contributed by atoms with E-state index in [1.54, 1.807) is 0 Å². The van der Waals surface area contributed by atoms with Crippen molar-refractivity contribution in [3.8, 4) is 0 Å². The van der Waals surface area contributed by atoms with Crippen LogP contribution in [-0.2, 0) is 15.6 Å². The molecule has 0 fully saturated rings. The predicted molar refractivity (Wildman–Crippen MR) is 64.1 cm³/mol. The lowest BCUT2D eigenvalue weighted by molar-refractivity contribution is -0.119. The number of carbonyl (C=O) groups is 1. The topological polar surface area (TPSA) is 72.2 Å². The van der Waals surface area contributed by atoms with Gasteiger partial charge in [0.15, 0.2) is 0 Å². The number of rotatable bonds is 8. The SMILES string of the molecule is CCC(CC)NC(=O)CS(=O)CCCN. The molecule has 1 amide bonds. The van der Waals surface area contributed by atoms with Gasteiger partial charge in [0.1, 0.15) is 5.75 Å². The Morgan fingerprint density at radius 3 is 2.47 bits per heavy atom. The van der Waals surface area contributed by atoms with Crippen LogP contribution in [0.4, 0.5) is 0 Å². The van der Waals surface area contributed by atoms with Gasteiger partial charge in [-0.25, -0.2) is 0 Å². The average molecular weight is 234 g/mol. The summed E-state index contributed by atoms with van der Waals surface area (Å²) in [5.74, 6) is 0.516. The van der Waals surface area contributed by atoms with E-state index in [-0.39, 0.29) is 17.7 Å². The van der Waals surface area contributed by atoms with Crippen LogP contribution >= 0.6 is 0 Å². The fourth-order valence-electron chi connectivity index (χ4n) is 1.22. The molecule has 4 nitrogen and oxygen atoms in total. The zero-order valence-corrected chi connectivity index (χ0v) is 10.4. The van der Waals surface area contributed by atoms with E-state index in [4.69, 9.17) is 5.73 Å². The standard InChI is InChI=1S/C10H22N2O2S/c1-3-9(4-2)12-10(13)8-15(14)7-5-6-11/h9H,3-8,11H2,1-2H3,(H,12,13). The molecule has 0 radical (unpaired) electrons. The third-order valence-corrected chi connectivity index (χ3v) is 3.55. The van der Waals surface area contributed by atoms with Gasteiger partial charge in [-0.05, 0) is 25.8 Å². The van der Waals surface area contributed by atoms with Crippen LogP contribution in [0, 0.1) is 0 Å². The normalized spacial score (nSPS) is 12.8. The molecular formula is C10H22N2O2S. The van der Waals surface area contributed by atoms with E-state index >= 15 is 0 Å². The van der Waals surface area contributed by atoms with Crippen molar-refractivity contribution >= 4 is 16.7 Å². The van der Waals surface area contributed by atoms with Gasteiger partial charge in [0.05, 0.1) is 0 Å². The molecule has 0 aromatic rings. The summed E-state index contributed by atoms with van der Waals surface area (Å²) in [6.45, 7) is 4.58. The first-order valence-corrected chi connectivity index (χ1v) is 6.97. The fourth-order valence-corrected chi connectivity index (χ4v) is 2.23. The molecule has 0 heterocycles. The van der Waals surface area contributed by atoms with Crippen molar-refractivity contribution in [3.05, 3.63) is 0 Å². The smallest absolute Gasteiger partial charge is 0.232 e. The first-order valence-electron chi connectivity index (χ1n) is 5.48. The molecule has 0 rings (SSSR count). The van der Waals surface area contributed by atoms with Crippen LogP contribution in [0.25, 0.3) is 0 Å². The first kappa shape index (κ1) is 14.6. The van der Waals surface area contributed by atoms with Crippen molar-refractivity contribution in [2.45, 2.75) is 39.2 Å². The van der Waals surface area contributed by atoms with E-state index in [1.165, 1.54) is 0 Å². The molecule has 0 spiro atoms. The molecule has 90 valence electrons. The number of hydrogen-bond acceptors (Lipinski definition) is 3. The maximum atomic E-state index is 11.4. The molecule has 0 saturated heterocycles. The summed E-state index contributed by atoms with van der Waals surface area (Å²) >= 11 is 0. The van der Waals surface area contributed by atoms with Gasteiger partial charge >= 0.3 is 0 Å². The van der Waals surface area contributed by atoms with Crippen molar-refractivity contribution in [3.63, 3.8) is 0 Å². The quantitative estimate of drug-likeness (QED) is 0.638. The summed E-state index contributed by atoms with van der Waals surface area (Å²) in [4.78, 5) is 11.4. The van der Waals surface area contributed by atoms with Gasteiger partial charge < -0.3 is 11.1 Å². The highest BCUT2D eigenvalue weighted by atomic mass is 32.2. The molecule has 1 atom stereocenters. The van der Waals surface area contributed by atoms with Crippen LogP contribution in [0.5, 0.6) is 0 Å². The van der Waals surface area contributed by atoms with Crippen LogP contribution in [-0.4, -0.2) is 34.2 Å². The largest absolute Gasteiger partial charge is 0.353 e. The Balaban J connectivity index is 3.77. The van der Waals surface area contributed by atoms with E-state index in [1.807, 2.05) is 13.8 Å². The van der Waals surface area contributed by atoms with Gasteiger partial charge in [-0.3, -0.25) is 9.00 Å². The van der Waals surface area contributed by atoms with Gasteiger partial charge in [0.25, 0.3) is 0 Å². The summed E-state index contributed by atoms with van der Waals surface area (Å²) in [5.41, 5.74) is 5.30. The van der Waals surface area contributed by atoms with Gasteiger partial charge in [0, 0.05) is 22.6 Å². The predicted octanol–water partition coefficient (Wildman–Crippen LogP) is 0.389. The lowest BCUT2D eigenvalue weighted by atomic mass is 10.2. The maximum Gasteiger partial charge on any atom is 0.232 e. The summed E-state index contributed by atoms with van der Waals surface area (Å²) in [6, 6.07) is 0.212. The third-order valence-electron chi connectivity index (χ3n) is 2.22. The summed E-state index contributed by atoms with van der Waals surface area (Å²) in [6.07, 6.45) is 2.54. The number of nitrogens with one attached hydrogen (secondary N) is 1. The second-order valence-corrected chi connectivity index (χ2v) is 5.09. The second-order valence-electron chi connectivity index (χ2n) is 3.51. The Morgan fingerprint density at radius 2 is 2.00 bits per heavy atom. The number of nitrogens with two attached hydrogens (primary N) is 1. The minimum absolute atomic E-state index is 0.108. The van der Waals surface area contributed by atoms with Crippen molar-refractivity contribution in [2.24, 2.45) is 5.73 Å². The zero-order chi connectivity index (χ0) is 11.7. The van der Waals surface area contributed by atoms with Crippen LogP contribution in [0.15, 0.2) is 0 Å². The van der Waals surface area contributed by atoms with E-state index in [2.05, 4.69) is 5.32 Å². The van der Waals surface area contributed by atoms with Crippen molar-refractivity contribution in [2.75, 3.05) is 18.1 Å². The van der Waals surface area contributed by atoms with Gasteiger partial charge in [0.2, 0.25) is 5.91 Å². The Labute approximate surface area is 94.4 Å². The minimum atomic E-state index is -1.06. The van der Waals surface area contributed by atoms with Crippen molar-refractivity contribution in [1.29, 1.82) is 0 Å². The highest BCUT2D eigenvalue weighted by molar-refractivity contribution is 7.85. The molecule has 3 N–H and O–H groups in total. The molecule has 15 heavy (non-hydrogen) atoms. The monoisotopic (exact) mass is 234 g/mol. The second kappa shape index (κ2) is 8.85.